The highest BCUT2D eigenvalue weighted by Gasteiger charge is 2.28. The Labute approximate surface area is 173 Å². The van der Waals surface area contributed by atoms with Gasteiger partial charge in [-0.25, -0.2) is 8.42 Å². The standard InChI is InChI=1S/C22H27N3O3S/c1-17-13-21(14-18(2)22(17)28-3)29(26,27)25-10-4-9-24(11-12-25)16-20-7-5-19(15-23)6-8-20/h5-8,13-14H,4,9-12,16H2,1-3H3. The monoisotopic (exact) mass is 413 g/mol. The van der Waals surface area contributed by atoms with E-state index in [-0.39, 0.29) is 0 Å². The first kappa shape index (κ1) is 21.3. The molecule has 154 valence electrons. The minimum atomic E-state index is -3.55. The summed E-state index contributed by atoms with van der Waals surface area (Å²) in [6.07, 6.45) is 0.781. The van der Waals surface area contributed by atoms with Gasteiger partial charge in [0.2, 0.25) is 10.0 Å². The summed E-state index contributed by atoms with van der Waals surface area (Å²) in [5, 5.41) is 8.92. The maximum atomic E-state index is 13.2. The molecule has 0 radical (unpaired) electrons. The number of nitrogens with zero attached hydrogens (tertiary/aromatic N) is 3. The van der Waals surface area contributed by atoms with E-state index in [1.54, 1.807) is 23.5 Å². The van der Waals surface area contributed by atoms with Gasteiger partial charge in [0.25, 0.3) is 0 Å². The zero-order valence-electron chi connectivity index (χ0n) is 17.2. The van der Waals surface area contributed by atoms with Crippen molar-refractivity contribution in [2.45, 2.75) is 31.7 Å². The van der Waals surface area contributed by atoms with Crippen molar-refractivity contribution < 1.29 is 13.2 Å². The molecule has 1 aliphatic heterocycles. The number of methoxy groups -OCH3 is 1. The van der Waals surface area contributed by atoms with Crippen LogP contribution in [-0.2, 0) is 16.6 Å². The van der Waals surface area contributed by atoms with Crippen molar-refractivity contribution in [2.24, 2.45) is 0 Å². The summed E-state index contributed by atoms with van der Waals surface area (Å²) >= 11 is 0. The van der Waals surface area contributed by atoms with Crippen molar-refractivity contribution in [3.8, 4) is 11.8 Å². The van der Waals surface area contributed by atoms with Crippen LogP contribution in [0.1, 0.15) is 28.7 Å². The van der Waals surface area contributed by atoms with E-state index in [9.17, 15) is 8.42 Å². The van der Waals surface area contributed by atoms with Crippen molar-refractivity contribution >= 4 is 10.0 Å². The van der Waals surface area contributed by atoms with Crippen molar-refractivity contribution in [3.63, 3.8) is 0 Å². The first-order chi connectivity index (χ1) is 13.8. The average molecular weight is 414 g/mol. The van der Waals surface area contributed by atoms with Gasteiger partial charge in [0, 0.05) is 26.2 Å². The topological polar surface area (TPSA) is 73.6 Å². The maximum Gasteiger partial charge on any atom is 0.243 e. The van der Waals surface area contributed by atoms with E-state index in [4.69, 9.17) is 10.00 Å². The Morgan fingerprint density at radius 1 is 1.03 bits per heavy atom. The third-order valence-corrected chi connectivity index (χ3v) is 7.19. The molecule has 6 nitrogen and oxygen atoms in total. The van der Waals surface area contributed by atoms with E-state index in [1.807, 2.05) is 38.1 Å². The molecule has 1 aliphatic rings. The summed E-state index contributed by atoms with van der Waals surface area (Å²) in [7, 11) is -1.95. The molecule has 1 fully saturated rings. The van der Waals surface area contributed by atoms with Crippen molar-refractivity contribution in [1.82, 2.24) is 9.21 Å². The third kappa shape index (κ3) is 4.78. The van der Waals surface area contributed by atoms with Gasteiger partial charge in [-0.15, -0.1) is 0 Å². The van der Waals surface area contributed by atoms with E-state index in [0.717, 1.165) is 42.0 Å². The molecule has 0 aliphatic carbocycles. The van der Waals surface area contributed by atoms with Gasteiger partial charge in [0.05, 0.1) is 23.6 Å². The van der Waals surface area contributed by atoms with E-state index in [1.165, 1.54) is 0 Å². The quantitative estimate of drug-likeness (QED) is 0.753. The van der Waals surface area contributed by atoms with Crippen LogP contribution < -0.4 is 4.74 Å². The van der Waals surface area contributed by atoms with Crippen LogP contribution in [0, 0.1) is 25.2 Å². The predicted octanol–water partition coefficient (Wildman–Crippen LogP) is 3.08. The molecule has 0 spiro atoms. The van der Waals surface area contributed by atoms with Gasteiger partial charge in [-0.3, -0.25) is 4.90 Å². The minimum absolute atomic E-state index is 0.328. The SMILES string of the molecule is COc1c(C)cc(S(=O)(=O)N2CCCN(Cc3ccc(C#N)cc3)CC2)cc1C. The van der Waals surface area contributed by atoms with Crippen LogP contribution in [0.2, 0.25) is 0 Å². The van der Waals surface area contributed by atoms with Crippen LogP contribution in [0.5, 0.6) is 5.75 Å². The van der Waals surface area contributed by atoms with Gasteiger partial charge < -0.3 is 4.74 Å². The number of benzene rings is 2. The second kappa shape index (κ2) is 8.95. The summed E-state index contributed by atoms with van der Waals surface area (Å²) < 4.78 is 33.4. The summed E-state index contributed by atoms with van der Waals surface area (Å²) in [4.78, 5) is 2.59. The van der Waals surface area contributed by atoms with Crippen molar-refractivity contribution in [3.05, 3.63) is 58.7 Å². The highest BCUT2D eigenvalue weighted by atomic mass is 32.2. The van der Waals surface area contributed by atoms with E-state index < -0.39 is 10.0 Å². The van der Waals surface area contributed by atoms with E-state index in [0.29, 0.717) is 30.1 Å². The fourth-order valence-corrected chi connectivity index (χ4v) is 5.46. The van der Waals surface area contributed by atoms with Gasteiger partial charge in [0.15, 0.2) is 0 Å². The number of aryl methyl sites for hydroxylation is 2. The van der Waals surface area contributed by atoms with Crippen LogP contribution in [-0.4, -0.2) is 50.9 Å². The molecule has 1 heterocycles. The zero-order chi connectivity index (χ0) is 21.0. The lowest BCUT2D eigenvalue weighted by molar-refractivity contribution is 0.278. The molecule has 3 rings (SSSR count). The first-order valence-electron chi connectivity index (χ1n) is 9.72. The third-order valence-electron chi connectivity index (χ3n) is 5.31. The van der Waals surface area contributed by atoms with Crippen LogP contribution in [0.4, 0.5) is 0 Å². The normalized spacial score (nSPS) is 16.2. The van der Waals surface area contributed by atoms with E-state index in [2.05, 4.69) is 11.0 Å². The lowest BCUT2D eigenvalue weighted by Crippen LogP contribution is -2.35. The van der Waals surface area contributed by atoms with Crippen molar-refractivity contribution in [1.29, 1.82) is 5.26 Å². The Hall–Kier alpha value is -2.40. The molecule has 1 saturated heterocycles. The molecular weight excluding hydrogens is 386 g/mol. The molecule has 0 amide bonds. The highest BCUT2D eigenvalue weighted by Crippen LogP contribution is 2.28. The molecule has 0 unspecified atom stereocenters. The molecule has 7 heteroatoms. The summed E-state index contributed by atoms with van der Waals surface area (Å²) in [6, 6.07) is 13.1. The lowest BCUT2D eigenvalue weighted by Gasteiger charge is -2.22. The number of rotatable bonds is 5. The molecule has 0 aromatic heterocycles. The Bertz CT molecular complexity index is 988. The Morgan fingerprint density at radius 2 is 1.69 bits per heavy atom. The smallest absolute Gasteiger partial charge is 0.243 e. The van der Waals surface area contributed by atoms with Gasteiger partial charge in [0.1, 0.15) is 5.75 Å². The van der Waals surface area contributed by atoms with Crippen LogP contribution in [0.15, 0.2) is 41.3 Å². The molecule has 0 saturated carbocycles. The fraction of sp³-hybridized carbons (Fsp3) is 0.409. The van der Waals surface area contributed by atoms with Gasteiger partial charge >= 0.3 is 0 Å². The predicted molar refractivity (Wildman–Crippen MR) is 112 cm³/mol. The summed E-state index contributed by atoms with van der Waals surface area (Å²) in [5.41, 5.74) is 3.42. The highest BCUT2D eigenvalue weighted by molar-refractivity contribution is 7.89. The number of ether oxygens (including phenoxy) is 1. The molecular formula is C22H27N3O3S. The molecule has 0 atom stereocenters. The van der Waals surface area contributed by atoms with Gasteiger partial charge in [-0.05, 0) is 67.8 Å². The largest absolute Gasteiger partial charge is 0.496 e. The second-order valence-corrected chi connectivity index (χ2v) is 9.37. The van der Waals surface area contributed by atoms with Crippen LogP contribution in [0.3, 0.4) is 0 Å². The maximum absolute atomic E-state index is 13.2. The average Bonchev–Trinajstić information content (AvgIpc) is 2.94. The van der Waals surface area contributed by atoms with Gasteiger partial charge in [-0.1, -0.05) is 12.1 Å². The van der Waals surface area contributed by atoms with Crippen molar-refractivity contribution in [2.75, 3.05) is 33.3 Å². The minimum Gasteiger partial charge on any atom is -0.496 e. The fourth-order valence-electron chi connectivity index (χ4n) is 3.82. The first-order valence-corrected chi connectivity index (χ1v) is 11.2. The second-order valence-electron chi connectivity index (χ2n) is 7.43. The number of hydrogen-bond acceptors (Lipinski definition) is 5. The number of hydrogen-bond donors (Lipinski definition) is 0. The Kier molecular flexibility index (Phi) is 6.58. The molecule has 0 bridgehead atoms. The molecule has 2 aromatic rings. The summed E-state index contributed by atoms with van der Waals surface area (Å²) in [6.45, 7) is 6.97. The molecule has 29 heavy (non-hydrogen) atoms. The van der Waals surface area contributed by atoms with Crippen LogP contribution >= 0.6 is 0 Å². The summed E-state index contributed by atoms with van der Waals surface area (Å²) in [5.74, 6) is 0.730. The van der Waals surface area contributed by atoms with E-state index >= 15 is 0 Å². The Morgan fingerprint density at radius 3 is 2.28 bits per heavy atom. The van der Waals surface area contributed by atoms with Gasteiger partial charge in [-0.2, -0.15) is 9.57 Å². The molecule has 0 N–H and O–H groups in total. The number of nitriles is 1. The number of sulfonamides is 1. The Balaban J connectivity index is 1.71. The van der Waals surface area contributed by atoms with Crippen LogP contribution in [0.25, 0.3) is 0 Å². The molecule has 2 aromatic carbocycles. The zero-order valence-corrected chi connectivity index (χ0v) is 18.0. The lowest BCUT2D eigenvalue weighted by atomic mass is 10.1.